The zero-order valence-corrected chi connectivity index (χ0v) is 11.4. The largest absolute Gasteiger partial charge is 0.411 e. The first-order valence-corrected chi connectivity index (χ1v) is 6.39. The fourth-order valence-corrected chi connectivity index (χ4v) is 1.77. The second-order valence-electron chi connectivity index (χ2n) is 4.25. The first kappa shape index (κ1) is 16.3. The zero-order valence-electron chi connectivity index (χ0n) is 10.6. The van der Waals surface area contributed by atoms with Gasteiger partial charge in [0.2, 0.25) is 0 Å². The highest BCUT2D eigenvalue weighted by atomic mass is 35.5. The summed E-state index contributed by atoms with van der Waals surface area (Å²) in [5.74, 6) is 0. The molecule has 0 heterocycles. The van der Waals surface area contributed by atoms with E-state index in [0.29, 0.717) is 18.0 Å². The molecule has 0 aliphatic carbocycles. The molecule has 2 nitrogen and oxygen atoms in total. The molecule has 0 aromatic heterocycles. The molecular weight excluding hydrogens is 279 g/mol. The van der Waals surface area contributed by atoms with Gasteiger partial charge in [0.1, 0.15) is 6.61 Å². The third kappa shape index (κ3) is 7.40. The molecule has 0 spiro atoms. The lowest BCUT2D eigenvalue weighted by atomic mass is 10.1. The van der Waals surface area contributed by atoms with E-state index in [1.54, 1.807) is 6.07 Å². The summed E-state index contributed by atoms with van der Waals surface area (Å²) in [7, 11) is 0. The van der Waals surface area contributed by atoms with Crippen molar-refractivity contribution in [3.63, 3.8) is 0 Å². The molecule has 19 heavy (non-hydrogen) atoms. The highest BCUT2D eigenvalue weighted by molar-refractivity contribution is 6.30. The summed E-state index contributed by atoms with van der Waals surface area (Å²) < 4.78 is 39.9. The quantitative estimate of drug-likeness (QED) is 0.769. The third-order valence-electron chi connectivity index (χ3n) is 2.53. The predicted molar refractivity (Wildman–Crippen MR) is 69.4 cm³/mol. The molecule has 0 fully saturated rings. The molecule has 1 N–H and O–H groups in total. The average molecular weight is 296 g/mol. The molecule has 1 aromatic rings. The van der Waals surface area contributed by atoms with Crippen LogP contribution in [0.5, 0.6) is 0 Å². The Bertz CT molecular complexity index is 384. The maximum Gasteiger partial charge on any atom is 0.411 e. The van der Waals surface area contributed by atoms with Gasteiger partial charge in [-0.2, -0.15) is 13.2 Å². The van der Waals surface area contributed by atoms with E-state index in [9.17, 15) is 13.2 Å². The van der Waals surface area contributed by atoms with Gasteiger partial charge in [0.15, 0.2) is 0 Å². The van der Waals surface area contributed by atoms with Crippen LogP contribution in [0.3, 0.4) is 0 Å². The second-order valence-corrected chi connectivity index (χ2v) is 4.69. The summed E-state index contributed by atoms with van der Waals surface area (Å²) >= 11 is 5.88. The molecule has 108 valence electrons. The first-order chi connectivity index (χ1) is 8.88. The molecule has 0 saturated heterocycles. The Kier molecular flexibility index (Phi) is 6.62. The van der Waals surface area contributed by atoms with Crippen LogP contribution in [0.1, 0.15) is 24.9 Å². The molecule has 1 aromatic carbocycles. The number of nitrogens with one attached hydrogen (secondary N) is 1. The van der Waals surface area contributed by atoms with Crippen molar-refractivity contribution in [3.05, 3.63) is 34.9 Å². The summed E-state index contributed by atoms with van der Waals surface area (Å²) in [6, 6.07) is 7.56. The lowest BCUT2D eigenvalue weighted by molar-refractivity contribution is -0.173. The Morgan fingerprint density at radius 3 is 2.74 bits per heavy atom. The van der Waals surface area contributed by atoms with Crippen molar-refractivity contribution in [2.24, 2.45) is 0 Å². The van der Waals surface area contributed by atoms with Crippen LogP contribution in [0.25, 0.3) is 0 Å². The van der Waals surface area contributed by atoms with Crippen molar-refractivity contribution in [1.29, 1.82) is 0 Å². The maximum absolute atomic E-state index is 11.8. The smallest absolute Gasteiger partial charge is 0.372 e. The zero-order chi connectivity index (χ0) is 14.3. The van der Waals surface area contributed by atoms with Gasteiger partial charge in [-0.25, -0.2) is 0 Å². The van der Waals surface area contributed by atoms with Crippen LogP contribution in [-0.4, -0.2) is 25.9 Å². The second kappa shape index (κ2) is 7.72. The Labute approximate surface area is 115 Å². The summed E-state index contributed by atoms with van der Waals surface area (Å²) in [5.41, 5.74) is 1.05. The molecule has 1 atom stereocenters. The summed E-state index contributed by atoms with van der Waals surface area (Å²) in [5, 5.41) is 3.87. The van der Waals surface area contributed by atoms with Gasteiger partial charge in [0.25, 0.3) is 0 Å². The van der Waals surface area contributed by atoms with E-state index in [4.69, 9.17) is 11.6 Å². The minimum absolute atomic E-state index is 0.0920. The van der Waals surface area contributed by atoms with Crippen molar-refractivity contribution in [2.45, 2.75) is 25.6 Å². The van der Waals surface area contributed by atoms with Crippen LogP contribution < -0.4 is 5.32 Å². The van der Waals surface area contributed by atoms with Gasteiger partial charge in [-0.1, -0.05) is 23.7 Å². The topological polar surface area (TPSA) is 21.3 Å². The Morgan fingerprint density at radius 2 is 2.11 bits per heavy atom. The van der Waals surface area contributed by atoms with E-state index in [-0.39, 0.29) is 12.6 Å². The lowest BCUT2D eigenvalue weighted by Crippen LogP contribution is -2.22. The monoisotopic (exact) mass is 295 g/mol. The molecule has 0 bridgehead atoms. The van der Waals surface area contributed by atoms with Crippen molar-refractivity contribution in [2.75, 3.05) is 19.8 Å². The molecule has 0 aliphatic heterocycles. The normalized spacial score (nSPS) is 13.5. The van der Waals surface area contributed by atoms with Crippen LogP contribution in [0.4, 0.5) is 13.2 Å². The molecular formula is C13H17ClF3NO. The van der Waals surface area contributed by atoms with E-state index in [0.717, 1.165) is 5.56 Å². The summed E-state index contributed by atoms with van der Waals surface area (Å²) in [6.45, 7) is 1.47. The van der Waals surface area contributed by atoms with Gasteiger partial charge >= 0.3 is 6.18 Å². The van der Waals surface area contributed by atoms with Crippen LogP contribution in [-0.2, 0) is 4.74 Å². The van der Waals surface area contributed by atoms with Crippen LogP contribution in [0, 0.1) is 0 Å². The molecule has 0 amide bonds. The highest BCUT2D eigenvalue weighted by Crippen LogP contribution is 2.17. The fourth-order valence-electron chi connectivity index (χ4n) is 1.57. The van der Waals surface area contributed by atoms with Crippen LogP contribution in [0.2, 0.25) is 5.02 Å². The highest BCUT2D eigenvalue weighted by Gasteiger charge is 2.27. The van der Waals surface area contributed by atoms with Gasteiger partial charge in [-0.3, -0.25) is 0 Å². The number of benzene rings is 1. The average Bonchev–Trinajstić information content (AvgIpc) is 2.32. The van der Waals surface area contributed by atoms with Crippen molar-refractivity contribution >= 4 is 11.6 Å². The number of ether oxygens (including phenoxy) is 1. The third-order valence-corrected chi connectivity index (χ3v) is 2.77. The molecule has 6 heteroatoms. The first-order valence-electron chi connectivity index (χ1n) is 6.02. The molecule has 0 radical (unpaired) electrons. The van der Waals surface area contributed by atoms with Crippen molar-refractivity contribution < 1.29 is 17.9 Å². The van der Waals surface area contributed by atoms with Gasteiger partial charge in [-0.05, 0) is 37.6 Å². The van der Waals surface area contributed by atoms with Crippen molar-refractivity contribution in [3.8, 4) is 0 Å². The van der Waals surface area contributed by atoms with Crippen LogP contribution in [0.15, 0.2) is 24.3 Å². The van der Waals surface area contributed by atoms with Gasteiger partial charge < -0.3 is 10.1 Å². The van der Waals surface area contributed by atoms with E-state index in [1.165, 1.54) is 0 Å². The van der Waals surface area contributed by atoms with Gasteiger partial charge in [0, 0.05) is 17.7 Å². The van der Waals surface area contributed by atoms with Crippen molar-refractivity contribution in [1.82, 2.24) is 5.32 Å². The molecule has 1 unspecified atom stereocenters. The minimum atomic E-state index is -4.25. The number of hydrogen-bond donors (Lipinski definition) is 1. The number of alkyl halides is 3. The summed E-state index contributed by atoms with van der Waals surface area (Å²) in [6.07, 6.45) is -3.72. The summed E-state index contributed by atoms with van der Waals surface area (Å²) in [4.78, 5) is 0. The molecule has 0 saturated carbocycles. The standard InChI is InChI=1S/C13H17ClF3NO/c1-10(11-4-2-5-12(14)8-11)18-6-3-7-19-9-13(15,16)17/h2,4-5,8,10,18H,3,6-7,9H2,1H3. The Balaban J connectivity index is 2.16. The Morgan fingerprint density at radius 1 is 1.37 bits per heavy atom. The van der Waals surface area contributed by atoms with Gasteiger partial charge in [-0.15, -0.1) is 0 Å². The maximum atomic E-state index is 11.8. The number of halogens is 4. The predicted octanol–water partition coefficient (Wildman–Crippen LogP) is 3.96. The fraction of sp³-hybridized carbons (Fsp3) is 0.538. The van der Waals surface area contributed by atoms with E-state index >= 15 is 0 Å². The van der Waals surface area contributed by atoms with Gasteiger partial charge in [0.05, 0.1) is 0 Å². The minimum Gasteiger partial charge on any atom is -0.372 e. The molecule has 0 aliphatic rings. The molecule has 1 rings (SSSR count). The van der Waals surface area contributed by atoms with Crippen LogP contribution >= 0.6 is 11.6 Å². The number of hydrogen-bond acceptors (Lipinski definition) is 2. The SMILES string of the molecule is CC(NCCCOCC(F)(F)F)c1cccc(Cl)c1. The van der Waals surface area contributed by atoms with E-state index in [1.807, 2.05) is 25.1 Å². The lowest BCUT2D eigenvalue weighted by Gasteiger charge is -2.14. The van der Waals surface area contributed by atoms with E-state index < -0.39 is 12.8 Å². The number of rotatable bonds is 7. The Hall–Kier alpha value is -0.780. The van der Waals surface area contributed by atoms with E-state index in [2.05, 4.69) is 10.1 Å².